The lowest BCUT2D eigenvalue weighted by Crippen LogP contribution is -2.19. The Morgan fingerprint density at radius 1 is 1.19 bits per heavy atom. The largest absolute Gasteiger partial charge is 0.389 e. The van der Waals surface area contributed by atoms with Crippen LogP contribution in [0.1, 0.15) is 25.3 Å². The molecule has 0 aliphatic rings. The van der Waals surface area contributed by atoms with Gasteiger partial charge >= 0.3 is 0 Å². The van der Waals surface area contributed by atoms with Gasteiger partial charge in [-0.05, 0) is 52.7 Å². The second-order valence-corrected chi connectivity index (χ2v) is 6.17. The summed E-state index contributed by atoms with van der Waals surface area (Å²) in [5.41, 5.74) is 8.90. The first kappa shape index (κ1) is 16.0. The SMILES string of the molecule is CCCCN(c1ccccc1)c1ccc(C(N)=S)cc1Br. The standard InChI is InChI=1S/C17H19BrN2S/c1-2-3-11-20(14-7-5-4-6-8-14)16-10-9-13(17(19)21)12-15(16)18/h4-10,12H,2-3,11H2,1H3,(H2,19,21). The van der Waals surface area contributed by atoms with Gasteiger partial charge < -0.3 is 10.6 Å². The summed E-state index contributed by atoms with van der Waals surface area (Å²) in [6.07, 6.45) is 2.30. The Morgan fingerprint density at radius 3 is 2.48 bits per heavy atom. The fraction of sp³-hybridized carbons (Fsp3) is 0.235. The van der Waals surface area contributed by atoms with Crippen molar-refractivity contribution in [3.05, 3.63) is 58.6 Å². The van der Waals surface area contributed by atoms with E-state index >= 15 is 0 Å². The van der Waals surface area contributed by atoms with Crippen molar-refractivity contribution in [1.29, 1.82) is 0 Å². The third-order valence-corrected chi connectivity index (χ3v) is 4.20. The number of rotatable bonds is 6. The molecule has 0 saturated carbocycles. The number of benzene rings is 2. The lowest BCUT2D eigenvalue weighted by atomic mass is 10.1. The van der Waals surface area contributed by atoms with Gasteiger partial charge in [-0.1, -0.05) is 43.8 Å². The molecule has 0 spiro atoms. The quantitative estimate of drug-likeness (QED) is 0.731. The summed E-state index contributed by atoms with van der Waals surface area (Å²) in [7, 11) is 0. The molecule has 110 valence electrons. The van der Waals surface area contributed by atoms with E-state index in [1.54, 1.807) is 0 Å². The fourth-order valence-electron chi connectivity index (χ4n) is 2.19. The Hall–Kier alpha value is -1.39. The number of para-hydroxylation sites is 1. The number of nitrogens with two attached hydrogens (primary N) is 1. The number of unbranched alkanes of at least 4 members (excludes halogenated alkanes) is 1. The third-order valence-electron chi connectivity index (χ3n) is 3.33. The van der Waals surface area contributed by atoms with Crippen LogP contribution in [0.5, 0.6) is 0 Å². The Bertz CT molecular complexity index is 613. The highest BCUT2D eigenvalue weighted by molar-refractivity contribution is 9.10. The second-order valence-electron chi connectivity index (χ2n) is 4.87. The average Bonchev–Trinajstić information content (AvgIpc) is 2.50. The van der Waals surface area contributed by atoms with E-state index in [-0.39, 0.29) is 0 Å². The van der Waals surface area contributed by atoms with Crippen molar-refractivity contribution >= 4 is 44.5 Å². The van der Waals surface area contributed by atoms with Gasteiger partial charge in [0.2, 0.25) is 0 Å². The molecule has 2 nitrogen and oxygen atoms in total. The number of halogens is 1. The topological polar surface area (TPSA) is 29.3 Å². The van der Waals surface area contributed by atoms with Gasteiger partial charge in [0.15, 0.2) is 0 Å². The summed E-state index contributed by atoms with van der Waals surface area (Å²) < 4.78 is 1.01. The van der Waals surface area contributed by atoms with Crippen LogP contribution in [0.4, 0.5) is 11.4 Å². The second kappa shape index (κ2) is 7.57. The molecular weight excluding hydrogens is 344 g/mol. The molecule has 0 aliphatic carbocycles. The number of anilines is 2. The van der Waals surface area contributed by atoms with Gasteiger partial charge in [0.1, 0.15) is 4.99 Å². The molecule has 0 heterocycles. The van der Waals surface area contributed by atoms with Gasteiger partial charge in [0.05, 0.1) is 5.69 Å². The Kier molecular flexibility index (Phi) is 5.76. The molecule has 0 bridgehead atoms. The highest BCUT2D eigenvalue weighted by Crippen LogP contribution is 2.33. The summed E-state index contributed by atoms with van der Waals surface area (Å²) in [4.78, 5) is 2.73. The maximum atomic E-state index is 5.70. The minimum Gasteiger partial charge on any atom is -0.389 e. The first-order chi connectivity index (χ1) is 10.1. The minimum absolute atomic E-state index is 0.419. The molecule has 2 aromatic rings. The zero-order chi connectivity index (χ0) is 15.2. The van der Waals surface area contributed by atoms with E-state index in [1.807, 2.05) is 18.2 Å². The maximum absolute atomic E-state index is 5.70. The summed E-state index contributed by atoms with van der Waals surface area (Å²) in [6.45, 7) is 3.18. The van der Waals surface area contributed by atoms with E-state index in [0.717, 1.165) is 35.1 Å². The lowest BCUT2D eigenvalue weighted by molar-refractivity contribution is 0.785. The van der Waals surface area contributed by atoms with Crippen LogP contribution < -0.4 is 10.6 Å². The van der Waals surface area contributed by atoms with Crippen LogP contribution in [0, 0.1) is 0 Å². The van der Waals surface area contributed by atoms with Crippen LogP contribution in [0.2, 0.25) is 0 Å². The Labute approximate surface area is 140 Å². The molecule has 0 fully saturated rings. The maximum Gasteiger partial charge on any atom is 0.104 e. The van der Waals surface area contributed by atoms with Gasteiger partial charge in [0.25, 0.3) is 0 Å². The van der Waals surface area contributed by atoms with Crippen LogP contribution in [-0.4, -0.2) is 11.5 Å². The molecule has 2 rings (SSSR count). The molecule has 4 heteroatoms. The molecule has 0 unspecified atom stereocenters. The highest BCUT2D eigenvalue weighted by Gasteiger charge is 2.12. The Morgan fingerprint density at radius 2 is 1.90 bits per heavy atom. The van der Waals surface area contributed by atoms with E-state index < -0.39 is 0 Å². The van der Waals surface area contributed by atoms with Gasteiger partial charge in [-0.25, -0.2) is 0 Å². The smallest absolute Gasteiger partial charge is 0.104 e. The van der Waals surface area contributed by atoms with Crippen LogP contribution >= 0.6 is 28.1 Å². The Balaban J connectivity index is 2.39. The van der Waals surface area contributed by atoms with Gasteiger partial charge in [-0.3, -0.25) is 0 Å². The van der Waals surface area contributed by atoms with Crippen molar-refractivity contribution in [3.8, 4) is 0 Å². The summed E-state index contributed by atoms with van der Waals surface area (Å²) in [6, 6.07) is 16.4. The lowest BCUT2D eigenvalue weighted by Gasteiger charge is -2.26. The molecule has 2 N–H and O–H groups in total. The predicted octanol–water partition coefficient (Wildman–Crippen LogP) is 5.02. The molecule has 2 aromatic carbocycles. The summed E-state index contributed by atoms with van der Waals surface area (Å²) >= 11 is 8.69. The van der Waals surface area contributed by atoms with E-state index in [1.165, 1.54) is 5.69 Å². The molecular formula is C17H19BrN2S. The number of hydrogen-bond acceptors (Lipinski definition) is 2. The van der Waals surface area contributed by atoms with Gasteiger partial charge in [-0.2, -0.15) is 0 Å². The fourth-order valence-corrected chi connectivity index (χ4v) is 2.91. The first-order valence-electron chi connectivity index (χ1n) is 7.05. The van der Waals surface area contributed by atoms with Crippen molar-refractivity contribution in [2.45, 2.75) is 19.8 Å². The molecule has 0 radical (unpaired) electrons. The number of thiocarbonyl (C=S) groups is 1. The van der Waals surface area contributed by atoms with E-state index in [4.69, 9.17) is 18.0 Å². The predicted molar refractivity (Wildman–Crippen MR) is 98.4 cm³/mol. The van der Waals surface area contributed by atoms with Crippen LogP contribution in [-0.2, 0) is 0 Å². The minimum atomic E-state index is 0.419. The third kappa shape index (κ3) is 4.05. The first-order valence-corrected chi connectivity index (χ1v) is 8.25. The summed E-state index contributed by atoms with van der Waals surface area (Å²) in [5.74, 6) is 0. The molecule has 0 atom stereocenters. The van der Waals surface area contributed by atoms with Crippen molar-refractivity contribution < 1.29 is 0 Å². The molecule has 0 saturated heterocycles. The van der Waals surface area contributed by atoms with Gasteiger partial charge in [0, 0.05) is 22.3 Å². The van der Waals surface area contributed by atoms with Crippen molar-refractivity contribution in [2.75, 3.05) is 11.4 Å². The zero-order valence-electron chi connectivity index (χ0n) is 12.1. The average molecular weight is 363 g/mol. The highest BCUT2D eigenvalue weighted by atomic mass is 79.9. The van der Waals surface area contributed by atoms with E-state index in [9.17, 15) is 0 Å². The van der Waals surface area contributed by atoms with Crippen molar-refractivity contribution in [1.82, 2.24) is 0 Å². The molecule has 0 amide bonds. The van der Waals surface area contributed by atoms with Crippen LogP contribution in [0.25, 0.3) is 0 Å². The zero-order valence-corrected chi connectivity index (χ0v) is 14.5. The normalized spacial score (nSPS) is 10.4. The molecule has 21 heavy (non-hydrogen) atoms. The van der Waals surface area contributed by atoms with Crippen molar-refractivity contribution in [2.24, 2.45) is 5.73 Å². The monoisotopic (exact) mass is 362 g/mol. The van der Waals surface area contributed by atoms with Gasteiger partial charge in [-0.15, -0.1) is 0 Å². The van der Waals surface area contributed by atoms with Crippen molar-refractivity contribution in [3.63, 3.8) is 0 Å². The summed E-state index contributed by atoms with van der Waals surface area (Å²) in [5, 5.41) is 0. The van der Waals surface area contributed by atoms with E-state index in [2.05, 4.69) is 58.1 Å². The van der Waals surface area contributed by atoms with E-state index in [0.29, 0.717) is 4.99 Å². The van der Waals surface area contributed by atoms with Crippen LogP contribution in [0.15, 0.2) is 53.0 Å². The van der Waals surface area contributed by atoms with Crippen LogP contribution in [0.3, 0.4) is 0 Å². The molecule has 0 aliphatic heterocycles. The number of nitrogens with zero attached hydrogens (tertiary/aromatic N) is 1. The number of hydrogen-bond donors (Lipinski definition) is 1. The molecule has 0 aromatic heterocycles.